The van der Waals surface area contributed by atoms with Crippen molar-refractivity contribution in [2.24, 2.45) is 5.41 Å². The molecule has 0 spiro atoms. The monoisotopic (exact) mass is 261 g/mol. The van der Waals surface area contributed by atoms with E-state index in [-0.39, 0.29) is 23.7 Å². The number of anilines is 2. The number of nitrogen functional groups attached to an aromatic ring is 1. The predicted octanol–water partition coefficient (Wildman–Crippen LogP) is 1.87. The average Bonchev–Trinajstić information content (AvgIpc) is 3.05. The molecular formula is C11H14F3N3O. The molecule has 0 amide bonds. The van der Waals surface area contributed by atoms with Gasteiger partial charge in [-0.2, -0.15) is 13.2 Å². The smallest absolute Gasteiger partial charge is 0.396 e. The van der Waals surface area contributed by atoms with Crippen LogP contribution in [-0.4, -0.2) is 23.2 Å². The van der Waals surface area contributed by atoms with Crippen molar-refractivity contribution in [2.45, 2.75) is 19.0 Å². The minimum Gasteiger partial charge on any atom is -0.396 e. The summed E-state index contributed by atoms with van der Waals surface area (Å²) >= 11 is 0. The summed E-state index contributed by atoms with van der Waals surface area (Å²) in [6.45, 7) is 0.422. The van der Waals surface area contributed by atoms with Gasteiger partial charge in [-0.25, -0.2) is 4.98 Å². The van der Waals surface area contributed by atoms with Gasteiger partial charge in [-0.1, -0.05) is 0 Å². The first-order chi connectivity index (χ1) is 8.35. The second kappa shape index (κ2) is 4.31. The van der Waals surface area contributed by atoms with Gasteiger partial charge >= 0.3 is 6.18 Å². The number of nitrogens with one attached hydrogen (secondary N) is 1. The van der Waals surface area contributed by atoms with E-state index >= 15 is 0 Å². The molecule has 4 N–H and O–H groups in total. The first-order valence-electron chi connectivity index (χ1n) is 5.54. The highest BCUT2D eigenvalue weighted by atomic mass is 19.4. The zero-order valence-electron chi connectivity index (χ0n) is 9.59. The summed E-state index contributed by atoms with van der Waals surface area (Å²) in [4.78, 5) is 3.80. The molecule has 1 aliphatic carbocycles. The molecule has 1 fully saturated rings. The van der Waals surface area contributed by atoms with Gasteiger partial charge in [-0.05, 0) is 25.0 Å². The first-order valence-corrected chi connectivity index (χ1v) is 5.54. The van der Waals surface area contributed by atoms with E-state index in [0.717, 1.165) is 25.0 Å². The third kappa shape index (κ3) is 2.84. The van der Waals surface area contributed by atoms with Crippen LogP contribution in [0.15, 0.2) is 12.1 Å². The number of rotatable bonds is 4. The molecule has 1 heterocycles. The minimum absolute atomic E-state index is 0.0223. The molecule has 1 aromatic rings. The Hall–Kier alpha value is -1.50. The van der Waals surface area contributed by atoms with Crippen molar-refractivity contribution >= 4 is 11.6 Å². The van der Waals surface area contributed by atoms with Crippen LogP contribution in [-0.2, 0) is 6.18 Å². The molecule has 0 atom stereocenters. The molecular weight excluding hydrogens is 247 g/mol. The summed E-state index contributed by atoms with van der Waals surface area (Å²) in [7, 11) is 0. The van der Waals surface area contributed by atoms with Gasteiger partial charge in [0.25, 0.3) is 0 Å². The molecule has 0 bridgehead atoms. The minimum atomic E-state index is -4.44. The Kier molecular flexibility index (Phi) is 3.10. The molecule has 7 heteroatoms. The summed E-state index contributed by atoms with van der Waals surface area (Å²) in [5, 5.41) is 11.9. The fourth-order valence-corrected chi connectivity index (χ4v) is 1.65. The van der Waals surface area contributed by atoms with Gasteiger partial charge in [-0.3, -0.25) is 0 Å². The predicted molar refractivity (Wildman–Crippen MR) is 60.9 cm³/mol. The number of aromatic nitrogens is 1. The zero-order valence-corrected chi connectivity index (χ0v) is 9.59. The van der Waals surface area contributed by atoms with Gasteiger partial charge in [-0.15, -0.1) is 0 Å². The lowest BCUT2D eigenvalue weighted by Crippen LogP contribution is -2.20. The van der Waals surface area contributed by atoms with Crippen molar-refractivity contribution in [2.75, 3.05) is 24.2 Å². The maximum absolute atomic E-state index is 12.5. The van der Waals surface area contributed by atoms with E-state index in [2.05, 4.69) is 10.3 Å². The number of hydrogen-bond donors (Lipinski definition) is 3. The van der Waals surface area contributed by atoms with Gasteiger partial charge in [0.2, 0.25) is 0 Å². The van der Waals surface area contributed by atoms with Crippen LogP contribution in [0.2, 0.25) is 0 Å². The van der Waals surface area contributed by atoms with E-state index in [4.69, 9.17) is 10.8 Å². The van der Waals surface area contributed by atoms with Gasteiger partial charge in [0.05, 0.1) is 12.2 Å². The number of halogens is 3. The Bertz CT molecular complexity index is 444. The number of aliphatic hydroxyl groups is 1. The molecule has 1 aromatic heterocycles. The molecule has 100 valence electrons. The largest absolute Gasteiger partial charge is 0.416 e. The van der Waals surface area contributed by atoms with Gasteiger partial charge in [0.1, 0.15) is 11.6 Å². The molecule has 4 nitrogen and oxygen atoms in total. The number of alkyl halides is 3. The third-order valence-corrected chi connectivity index (χ3v) is 3.11. The summed E-state index contributed by atoms with van der Waals surface area (Å²) < 4.78 is 37.6. The summed E-state index contributed by atoms with van der Waals surface area (Å²) in [6, 6.07) is 1.72. The van der Waals surface area contributed by atoms with Crippen LogP contribution in [0.1, 0.15) is 18.4 Å². The second-order valence-corrected chi connectivity index (χ2v) is 4.68. The SMILES string of the molecule is Nc1cc(C(F)(F)F)cc(NCC2(CO)CC2)n1. The van der Waals surface area contributed by atoms with Crippen molar-refractivity contribution in [1.82, 2.24) is 4.98 Å². The normalized spacial score (nSPS) is 17.6. The Morgan fingerprint density at radius 3 is 2.56 bits per heavy atom. The molecule has 0 saturated heterocycles. The third-order valence-electron chi connectivity index (χ3n) is 3.11. The average molecular weight is 261 g/mol. The lowest BCUT2D eigenvalue weighted by molar-refractivity contribution is -0.137. The van der Waals surface area contributed by atoms with Crippen molar-refractivity contribution in [3.8, 4) is 0 Å². The second-order valence-electron chi connectivity index (χ2n) is 4.68. The number of aliphatic hydroxyl groups excluding tert-OH is 1. The molecule has 2 rings (SSSR count). The van der Waals surface area contributed by atoms with Crippen LogP contribution in [0, 0.1) is 5.41 Å². The molecule has 1 saturated carbocycles. The van der Waals surface area contributed by atoms with E-state index < -0.39 is 11.7 Å². The highest BCUT2D eigenvalue weighted by molar-refractivity contribution is 5.47. The van der Waals surface area contributed by atoms with E-state index in [1.807, 2.05) is 0 Å². The van der Waals surface area contributed by atoms with E-state index in [1.165, 1.54) is 0 Å². The molecule has 1 aliphatic rings. The highest BCUT2D eigenvalue weighted by Gasteiger charge is 2.41. The van der Waals surface area contributed by atoms with Crippen LogP contribution >= 0.6 is 0 Å². The van der Waals surface area contributed by atoms with Crippen LogP contribution in [0.25, 0.3) is 0 Å². The lowest BCUT2D eigenvalue weighted by atomic mass is 10.1. The Balaban J connectivity index is 2.11. The number of pyridine rings is 1. The number of hydrogen-bond acceptors (Lipinski definition) is 4. The van der Waals surface area contributed by atoms with Crippen LogP contribution in [0.4, 0.5) is 24.8 Å². The van der Waals surface area contributed by atoms with Crippen LogP contribution < -0.4 is 11.1 Å². The van der Waals surface area contributed by atoms with Crippen molar-refractivity contribution in [3.63, 3.8) is 0 Å². The Morgan fingerprint density at radius 1 is 1.39 bits per heavy atom. The highest BCUT2D eigenvalue weighted by Crippen LogP contribution is 2.45. The fraction of sp³-hybridized carbons (Fsp3) is 0.545. The van der Waals surface area contributed by atoms with E-state index in [0.29, 0.717) is 6.54 Å². The van der Waals surface area contributed by atoms with Gasteiger partial charge < -0.3 is 16.2 Å². The molecule has 18 heavy (non-hydrogen) atoms. The van der Waals surface area contributed by atoms with E-state index in [1.54, 1.807) is 0 Å². The van der Waals surface area contributed by atoms with Crippen LogP contribution in [0.5, 0.6) is 0 Å². The van der Waals surface area contributed by atoms with E-state index in [9.17, 15) is 13.2 Å². The number of nitrogens with zero attached hydrogens (tertiary/aromatic N) is 1. The molecule has 0 aromatic carbocycles. The number of nitrogens with two attached hydrogens (primary N) is 1. The standard InChI is InChI=1S/C11H14F3N3O/c12-11(13,14)7-3-8(15)17-9(4-7)16-5-10(6-18)1-2-10/h3-4,18H,1-2,5-6H2,(H3,15,16,17). The summed E-state index contributed by atoms with van der Waals surface area (Å²) in [5.74, 6) is -0.0942. The summed E-state index contributed by atoms with van der Waals surface area (Å²) in [5.41, 5.74) is 4.31. The van der Waals surface area contributed by atoms with Gasteiger partial charge in [0.15, 0.2) is 0 Å². The van der Waals surface area contributed by atoms with Crippen LogP contribution in [0.3, 0.4) is 0 Å². The lowest BCUT2D eigenvalue weighted by Gasteiger charge is -2.15. The van der Waals surface area contributed by atoms with Crippen molar-refractivity contribution in [1.29, 1.82) is 0 Å². The zero-order chi connectivity index (χ0) is 13.4. The van der Waals surface area contributed by atoms with Crippen molar-refractivity contribution < 1.29 is 18.3 Å². The maximum Gasteiger partial charge on any atom is 0.416 e. The van der Waals surface area contributed by atoms with Crippen molar-refractivity contribution in [3.05, 3.63) is 17.7 Å². The molecule has 0 unspecified atom stereocenters. The summed E-state index contributed by atoms with van der Waals surface area (Å²) in [6.07, 6.45) is -2.71. The first kappa shape index (κ1) is 12.9. The Morgan fingerprint density at radius 2 is 2.06 bits per heavy atom. The maximum atomic E-state index is 12.5. The molecule has 0 radical (unpaired) electrons. The molecule has 0 aliphatic heterocycles. The Labute approximate surface area is 102 Å². The topological polar surface area (TPSA) is 71.2 Å². The fourth-order valence-electron chi connectivity index (χ4n) is 1.65. The van der Waals surface area contributed by atoms with Gasteiger partial charge in [0, 0.05) is 12.0 Å². The quantitative estimate of drug-likeness (QED) is 0.773.